The molecule has 0 saturated carbocycles. The minimum atomic E-state index is -0.473. The number of non-ortho nitro benzene ring substituents is 1. The molecule has 9 heteroatoms. The molecule has 0 unspecified atom stereocenters. The van der Waals surface area contributed by atoms with Crippen LogP contribution in [0.2, 0.25) is 0 Å². The number of aromatic nitrogens is 3. The van der Waals surface area contributed by atoms with Gasteiger partial charge in [0.15, 0.2) is 5.69 Å². The van der Waals surface area contributed by atoms with Gasteiger partial charge in [-0.1, -0.05) is 17.3 Å². The highest BCUT2D eigenvalue weighted by Gasteiger charge is 2.20. The summed E-state index contributed by atoms with van der Waals surface area (Å²) in [6, 6.07) is 13.2. The number of amides is 1. The SMILES string of the molecule is Cc1c(C(=O)N[C@@H](C)c2cccc(OC(C)C)c2)nnn1-c1ccc([N+](=O)[O-])cc1. The lowest BCUT2D eigenvalue weighted by Crippen LogP contribution is -2.27. The predicted molar refractivity (Wildman–Crippen MR) is 111 cm³/mol. The van der Waals surface area contributed by atoms with E-state index in [0.29, 0.717) is 11.4 Å². The van der Waals surface area contributed by atoms with E-state index in [0.717, 1.165) is 11.3 Å². The van der Waals surface area contributed by atoms with Crippen molar-refractivity contribution in [1.29, 1.82) is 0 Å². The second-order valence-corrected chi connectivity index (χ2v) is 7.14. The number of nitro benzene ring substituents is 1. The monoisotopic (exact) mass is 409 g/mol. The molecule has 3 aromatic rings. The van der Waals surface area contributed by atoms with Gasteiger partial charge in [-0.3, -0.25) is 14.9 Å². The fraction of sp³-hybridized carbons (Fsp3) is 0.286. The molecule has 3 rings (SSSR count). The van der Waals surface area contributed by atoms with Crippen LogP contribution in [0, 0.1) is 17.0 Å². The number of hydrogen-bond donors (Lipinski definition) is 1. The lowest BCUT2D eigenvalue weighted by Gasteiger charge is -2.16. The second-order valence-electron chi connectivity index (χ2n) is 7.14. The van der Waals surface area contributed by atoms with Crippen molar-refractivity contribution in [2.75, 3.05) is 0 Å². The molecule has 0 aliphatic rings. The molecule has 1 heterocycles. The normalized spacial score (nSPS) is 11.9. The summed E-state index contributed by atoms with van der Waals surface area (Å²) in [4.78, 5) is 23.1. The smallest absolute Gasteiger partial charge is 0.274 e. The Kier molecular flexibility index (Phi) is 6.10. The van der Waals surface area contributed by atoms with Gasteiger partial charge in [-0.05, 0) is 57.5 Å². The fourth-order valence-corrected chi connectivity index (χ4v) is 2.98. The van der Waals surface area contributed by atoms with Gasteiger partial charge in [-0.15, -0.1) is 5.10 Å². The maximum atomic E-state index is 12.8. The van der Waals surface area contributed by atoms with E-state index in [-0.39, 0.29) is 29.4 Å². The number of nitro groups is 1. The molecule has 0 saturated heterocycles. The molecule has 0 aliphatic heterocycles. The minimum Gasteiger partial charge on any atom is -0.491 e. The van der Waals surface area contributed by atoms with Gasteiger partial charge in [0, 0.05) is 12.1 Å². The predicted octanol–water partition coefficient (Wildman–Crippen LogP) is 3.76. The summed E-state index contributed by atoms with van der Waals surface area (Å²) in [5.41, 5.74) is 2.19. The van der Waals surface area contributed by atoms with Crippen LogP contribution in [0.15, 0.2) is 48.5 Å². The summed E-state index contributed by atoms with van der Waals surface area (Å²) in [5, 5.41) is 21.8. The molecule has 0 spiro atoms. The highest BCUT2D eigenvalue weighted by Crippen LogP contribution is 2.21. The summed E-state index contributed by atoms with van der Waals surface area (Å²) in [5.74, 6) is 0.382. The Labute approximate surface area is 173 Å². The van der Waals surface area contributed by atoms with Crippen LogP contribution in [0.5, 0.6) is 5.75 Å². The van der Waals surface area contributed by atoms with E-state index in [2.05, 4.69) is 15.6 Å². The van der Waals surface area contributed by atoms with E-state index >= 15 is 0 Å². The average Bonchev–Trinajstić information content (AvgIpc) is 3.09. The number of nitrogens with one attached hydrogen (secondary N) is 1. The maximum absolute atomic E-state index is 12.8. The molecule has 0 radical (unpaired) electrons. The molecule has 1 amide bonds. The zero-order valence-electron chi connectivity index (χ0n) is 17.2. The second kappa shape index (κ2) is 8.73. The van der Waals surface area contributed by atoms with E-state index < -0.39 is 4.92 Å². The van der Waals surface area contributed by atoms with Crippen molar-refractivity contribution < 1.29 is 14.5 Å². The Morgan fingerprint density at radius 3 is 2.50 bits per heavy atom. The van der Waals surface area contributed by atoms with E-state index in [1.165, 1.54) is 16.8 Å². The van der Waals surface area contributed by atoms with Gasteiger partial charge in [0.25, 0.3) is 11.6 Å². The molecule has 9 nitrogen and oxygen atoms in total. The van der Waals surface area contributed by atoms with Crippen molar-refractivity contribution in [3.05, 3.63) is 75.6 Å². The molecule has 30 heavy (non-hydrogen) atoms. The Morgan fingerprint density at radius 2 is 1.87 bits per heavy atom. The maximum Gasteiger partial charge on any atom is 0.274 e. The Hall–Kier alpha value is -3.75. The molecule has 1 N–H and O–H groups in total. The quantitative estimate of drug-likeness (QED) is 0.470. The first-order valence-corrected chi connectivity index (χ1v) is 9.51. The van der Waals surface area contributed by atoms with Crippen molar-refractivity contribution >= 4 is 11.6 Å². The fourth-order valence-electron chi connectivity index (χ4n) is 2.98. The van der Waals surface area contributed by atoms with Crippen LogP contribution in [0.25, 0.3) is 5.69 Å². The Morgan fingerprint density at radius 1 is 1.17 bits per heavy atom. The zero-order valence-corrected chi connectivity index (χ0v) is 17.2. The Bertz CT molecular complexity index is 1060. The molecular weight excluding hydrogens is 386 g/mol. The van der Waals surface area contributed by atoms with Crippen LogP contribution in [0.3, 0.4) is 0 Å². The molecule has 0 aliphatic carbocycles. The van der Waals surface area contributed by atoms with Crippen LogP contribution >= 0.6 is 0 Å². The number of rotatable bonds is 7. The van der Waals surface area contributed by atoms with Crippen molar-refractivity contribution in [1.82, 2.24) is 20.3 Å². The third-order valence-electron chi connectivity index (χ3n) is 4.49. The van der Waals surface area contributed by atoms with Crippen molar-refractivity contribution in [3.8, 4) is 11.4 Å². The van der Waals surface area contributed by atoms with Crippen LogP contribution < -0.4 is 10.1 Å². The zero-order chi connectivity index (χ0) is 21.8. The minimum absolute atomic E-state index is 0.0213. The summed E-state index contributed by atoms with van der Waals surface area (Å²) in [7, 11) is 0. The number of benzene rings is 2. The first-order valence-electron chi connectivity index (χ1n) is 9.51. The number of ether oxygens (including phenoxy) is 1. The van der Waals surface area contributed by atoms with Crippen LogP contribution in [0.1, 0.15) is 48.6 Å². The first-order chi connectivity index (χ1) is 14.3. The molecule has 0 fully saturated rings. The summed E-state index contributed by atoms with van der Waals surface area (Å²) in [6.45, 7) is 7.50. The molecule has 156 valence electrons. The topological polar surface area (TPSA) is 112 Å². The van der Waals surface area contributed by atoms with Crippen LogP contribution in [-0.4, -0.2) is 31.9 Å². The van der Waals surface area contributed by atoms with E-state index in [4.69, 9.17) is 4.74 Å². The third-order valence-corrected chi connectivity index (χ3v) is 4.49. The summed E-state index contributed by atoms with van der Waals surface area (Å²) >= 11 is 0. The number of hydrogen-bond acceptors (Lipinski definition) is 6. The van der Waals surface area contributed by atoms with Gasteiger partial charge >= 0.3 is 0 Å². The van der Waals surface area contributed by atoms with Gasteiger partial charge in [0.1, 0.15) is 5.75 Å². The highest BCUT2D eigenvalue weighted by molar-refractivity contribution is 5.93. The standard InChI is InChI=1S/C21H23N5O4/c1-13(2)30-19-7-5-6-16(12-19)14(3)22-21(27)20-15(4)25(24-23-20)17-8-10-18(11-9-17)26(28)29/h5-14H,1-4H3,(H,22,27)/t14-/m0/s1. The van der Waals surface area contributed by atoms with E-state index in [1.54, 1.807) is 19.1 Å². The largest absolute Gasteiger partial charge is 0.491 e. The van der Waals surface area contributed by atoms with Gasteiger partial charge in [-0.25, -0.2) is 4.68 Å². The van der Waals surface area contributed by atoms with Crippen molar-refractivity contribution in [3.63, 3.8) is 0 Å². The Balaban J connectivity index is 1.75. The van der Waals surface area contributed by atoms with Crippen LogP contribution in [0.4, 0.5) is 5.69 Å². The van der Waals surface area contributed by atoms with Crippen LogP contribution in [-0.2, 0) is 0 Å². The van der Waals surface area contributed by atoms with E-state index in [1.807, 2.05) is 45.0 Å². The van der Waals surface area contributed by atoms with Crippen molar-refractivity contribution in [2.45, 2.75) is 39.8 Å². The average molecular weight is 409 g/mol. The lowest BCUT2D eigenvalue weighted by molar-refractivity contribution is -0.384. The molecule has 1 atom stereocenters. The number of carbonyl (C=O) groups excluding carboxylic acids is 1. The highest BCUT2D eigenvalue weighted by atomic mass is 16.6. The number of carbonyl (C=O) groups is 1. The first kappa shape index (κ1) is 21.0. The molecule has 2 aromatic carbocycles. The van der Waals surface area contributed by atoms with Crippen molar-refractivity contribution in [2.24, 2.45) is 0 Å². The van der Waals surface area contributed by atoms with Gasteiger partial charge in [0.2, 0.25) is 0 Å². The van der Waals surface area contributed by atoms with Gasteiger partial charge < -0.3 is 10.1 Å². The van der Waals surface area contributed by atoms with E-state index in [9.17, 15) is 14.9 Å². The lowest BCUT2D eigenvalue weighted by atomic mass is 10.1. The summed E-state index contributed by atoms with van der Waals surface area (Å²) < 4.78 is 7.18. The summed E-state index contributed by atoms with van der Waals surface area (Å²) in [6.07, 6.45) is 0.0576. The third kappa shape index (κ3) is 4.62. The number of nitrogens with zero attached hydrogens (tertiary/aromatic N) is 4. The van der Waals surface area contributed by atoms with Gasteiger partial charge in [0.05, 0.1) is 28.5 Å². The molecule has 0 bridgehead atoms. The molecule has 1 aromatic heterocycles. The molecular formula is C21H23N5O4. The van der Waals surface area contributed by atoms with Gasteiger partial charge in [-0.2, -0.15) is 0 Å².